The van der Waals surface area contributed by atoms with E-state index in [1.165, 1.54) is 71.1 Å². The van der Waals surface area contributed by atoms with Crippen molar-refractivity contribution < 1.29 is 4.74 Å². The van der Waals surface area contributed by atoms with Crippen molar-refractivity contribution in [2.45, 2.75) is 24.7 Å². The van der Waals surface area contributed by atoms with Crippen LogP contribution in [0.5, 0.6) is 0 Å². The lowest BCUT2D eigenvalue weighted by atomic mass is 10.00. The highest BCUT2D eigenvalue weighted by molar-refractivity contribution is 6.33. The molecule has 0 bridgehead atoms. The summed E-state index contributed by atoms with van der Waals surface area (Å²) in [5, 5.41) is 11.3. The minimum atomic E-state index is -0.352. The fraction of sp³-hybridized carbons (Fsp3) is 0.102. The second-order valence-electron chi connectivity index (χ2n) is 15.3. The summed E-state index contributed by atoms with van der Waals surface area (Å²) in [4.78, 5) is 10.4. The zero-order valence-electron chi connectivity index (χ0n) is 30.3. The number of para-hydroxylation sites is 2. The van der Waals surface area contributed by atoms with Crippen molar-refractivity contribution in [1.29, 1.82) is 0 Å². The van der Waals surface area contributed by atoms with E-state index in [4.69, 9.17) is 14.7 Å². The van der Waals surface area contributed by atoms with E-state index < -0.39 is 0 Å². The summed E-state index contributed by atoms with van der Waals surface area (Å²) >= 11 is 0. The molecule has 56 heavy (non-hydrogen) atoms. The summed E-state index contributed by atoms with van der Waals surface area (Å²) < 4.78 is 13.9. The van der Waals surface area contributed by atoms with Crippen LogP contribution in [-0.2, 0) is 4.74 Å². The van der Waals surface area contributed by atoms with Crippen molar-refractivity contribution in [3.8, 4) is 0 Å². The Labute approximate surface area is 321 Å². The van der Waals surface area contributed by atoms with Crippen LogP contribution in [0.1, 0.15) is 35.8 Å². The molecular formula is C49H34N6O. The lowest BCUT2D eigenvalue weighted by Gasteiger charge is -2.26. The number of amidine groups is 2. The number of aromatic nitrogens is 3. The number of hydrogen-bond acceptors (Lipinski definition) is 4. The van der Waals surface area contributed by atoms with E-state index in [1.807, 2.05) is 18.4 Å². The number of hydrogen-bond donors (Lipinski definition) is 1. The molecule has 1 N–H and O–H groups in total. The number of allylic oxidation sites excluding steroid dienone is 2. The lowest BCUT2D eigenvalue weighted by molar-refractivity contribution is 0.253. The Hall–Kier alpha value is -7.12. The smallest absolute Gasteiger partial charge is 0.169 e. The van der Waals surface area contributed by atoms with Gasteiger partial charge in [-0.25, -0.2) is 9.98 Å². The molecule has 1 aliphatic carbocycles. The molecule has 6 heterocycles. The number of nitrogens with zero attached hydrogens (tertiary/aromatic N) is 5. The van der Waals surface area contributed by atoms with Crippen LogP contribution in [-0.4, -0.2) is 32.0 Å². The summed E-state index contributed by atoms with van der Waals surface area (Å²) in [6, 6.07) is 47.9. The quantitative estimate of drug-likeness (QED) is 0.197. The molecule has 6 aromatic carbocycles. The molecule has 13 rings (SSSR count). The van der Waals surface area contributed by atoms with Gasteiger partial charge in [-0.15, -0.1) is 0 Å². The van der Waals surface area contributed by atoms with Gasteiger partial charge in [0.2, 0.25) is 0 Å². The monoisotopic (exact) mass is 722 g/mol. The van der Waals surface area contributed by atoms with Crippen molar-refractivity contribution in [2.24, 2.45) is 9.98 Å². The van der Waals surface area contributed by atoms with Crippen LogP contribution in [0.15, 0.2) is 174 Å². The summed E-state index contributed by atoms with van der Waals surface area (Å²) in [5.74, 6) is 1.66. The number of aliphatic imine (C=N–C) groups is 2. The molecule has 0 saturated carbocycles. The molecule has 7 heteroatoms. The fourth-order valence-electron chi connectivity index (χ4n) is 10.0. The third kappa shape index (κ3) is 4.01. The van der Waals surface area contributed by atoms with E-state index >= 15 is 0 Å². The second-order valence-corrected chi connectivity index (χ2v) is 15.3. The Morgan fingerprint density at radius 2 is 1.25 bits per heavy atom. The van der Waals surface area contributed by atoms with Crippen LogP contribution < -0.4 is 5.32 Å². The molecule has 3 aliphatic heterocycles. The SMILES string of the molecule is C1=CC(C2=NC(c3ccccc3)N=C(c3ccccc3)N2)=CC(n2c3ccc4c5ccccc5n5c4c3c3c2ccc2c4ccccc4n(c23)C2COC=C25)C1. The van der Waals surface area contributed by atoms with Crippen LogP contribution >= 0.6 is 0 Å². The zero-order chi connectivity index (χ0) is 36.5. The average Bonchev–Trinajstić information content (AvgIpc) is 4.03. The first-order valence-corrected chi connectivity index (χ1v) is 19.5. The van der Waals surface area contributed by atoms with Gasteiger partial charge in [0.25, 0.3) is 0 Å². The topological polar surface area (TPSA) is 60.8 Å². The van der Waals surface area contributed by atoms with Crippen molar-refractivity contribution in [1.82, 2.24) is 19.0 Å². The largest absolute Gasteiger partial charge is 0.497 e. The number of ether oxygens (including phenoxy) is 1. The standard InChI is InChI=1S/C49H34N6O/c1-3-12-29(13-4-1)47-50-48(30-14-5-2-6-15-30)52-49(51-47)31-16-11-17-32(26-31)53-39-24-22-35-33-18-7-9-20-37(33)54-41-27-56-28-42(41)55-38-21-10-8-19-34(38)36-23-25-40(53)44(46(36)55)43(39)45(35)54/h1-16,18-27,32,42,47H,17,28H2,(H,50,51,52). The Kier molecular flexibility index (Phi) is 6.05. The van der Waals surface area contributed by atoms with Crippen molar-refractivity contribution >= 4 is 82.8 Å². The summed E-state index contributed by atoms with van der Waals surface area (Å²) in [6.45, 7) is 0.590. The maximum atomic E-state index is 6.28. The van der Waals surface area contributed by atoms with Crippen molar-refractivity contribution in [3.63, 3.8) is 0 Å². The summed E-state index contributed by atoms with van der Waals surface area (Å²) in [5.41, 5.74) is 11.8. The van der Waals surface area contributed by atoms with E-state index in [-0.39, 0.29) is 18.2 Å². The maximum Gasteiger partial charge on any atom is 0.169 e. The number of rotatable bonds is 4. The molecule has 266 valence electrons. The highest BCUT2D eigenvalue weighted by Crippen LogP contribution is 2.51. The Morgan fingerprint density at radius 3 is 2.05 bits per heavy atom. The molecule has 4 aliphatic rings. The van der Waals surface area contributed by atoms with Gasteiger partial charge in [-0.05, 0) is 36.2 Å². The number of fused-ring (bicyclic) bond motifs is 9. The van der Waals surface area contributed by atoms with Crippen molar-refractivity contribution in [2.75, 3.05) is 6.61 Å². The van der Waals surface area contributed by atoms with Crippen LogP contribution in [0.3, 0.4) is 0 Å². The minimum Gasteiger partial charge on any atom is -0.497 e. The third-order valence-corrected chi connectivity index (χ3v) is 12.3. The Bertz CT molecular complexity index is 3320. The summed E-state index contributed by atoms with van der Waals surface area (Å²) in [6.07, 6.45) is 9.46. The molecule has 3 unspecified atom stereocenters. The molecular weight excluding hydrogens is 689 g/mol. The van der Waals surface area contributed by atoms with E-state index in [2.05, 4.69) is 159 Å². The van der Waals surface area contributed by atoms with Crippen LogP contribution in [0.2, 0.25) is 0 Å². The molecule has 9 aromatic rings. The summed E-state index contributed by atoms with van der Waals surface area (Å²) in [7, 11) is 0. The van der Waals surface area contributed by atoms with Gasteiger partial charge in [-0.2, -0.15) is 0 Å². The molecule has 0 amide bonds. The van der Waals surface area contributed by atoms with Gasteiger partial charge in [-0.3, -0.25) is 0 Å². The highest BCUT2D eigenvalue weighted by Gasteiger charge is 2.35. The molecule has 7 nitrogen and oxygen atoms in total. The van der Waals surface area contributed by atoms with Crippen LogP contribution in [0.4, 0.5) is 0 Å². The molecule has 0 saturated heterocycles. The van der Waals surface area contributed by atoms with E-state index in [0.717, 1.165) is 34.8 Å². The zero-order valence-corrected chi connectivity index (χ0v) is 30.3. The van der Waals surface area contributed by atoms with E-state index in [0.29, 0.717) is 6.61 Å². The first-order valence-electron chi connectivity index (χ1n) is 19.5. The number of nitrogens with one attached hydrogen (secondary N) is 1. The molecule has 0 spiro atoms. The predicted octanol–water partition coefficient (Wildman–Crippen LogP) is 11.0. The maximum absolute atomic E-state index is 6.28. The van der Waals surface area contributed by atoms with E-state index in [1.54, 1.807) is 0 Å². The Morgan fingerprint density at radius 1 is 0.589 bits per heavy atom. The van der Waals surface area contributed by atoms with Gasteiger partial charge in [-0.1, -0.05) is 127 Å². The average molecular weight is 723 g/mol. The second kappa shape index (κ2) is 11.2. The van der Waals surface area contributed by atoms with E-state index in [9.17, 15) is 0 Å². The van der Waals surface area contributed by atoms with Gasteiger partial charge < -0.3 is 23.8 Å². The van der Waals surface area contributed by atoms with Crippen LogP contribution in [0, 0.1) is 0 Å². The lowest BCUT2D eigenvalue weighted by Crippen LogP contribution is -2.36. The first kappa shape index (κ1) is 30.2. The molecule has 3 atom stereocenters. The predicted molar refractivity (Wildman–Crippen MR) is 228 cm³/mol. The van der Waals surface area contributed by atoms with Gasteiger partial charge in [0, 0.05) is 49.0 Å². The minimum absolute atomic E-state index is 0.0197. The van der Waals surface area contributed by atoms with Crippen LogP contribution in [0.25, 0.3) is 71.1 Å². The van der Waals surface area contributed by atoms with Gasteiger partial charge in [0.1, 0.15) is 30.6 Å². The molecule has 0 fully saturated rings. The van der Waals surface area contributed by atoms with Crippen molar-refractivity contribution in [3.05, 3.63) is 175 Å². The molecule has 3 aromatic heterocycles. The van der Waals surface area contributed by atoms with Gasteiger partial charge in [0.05, 0.1) is 39.3 Å². The van der Waals surface area contributed by atoms with Gasteiger partial charge >= 0.3 is 0 Å². The Balaban J connectivity index is 1.09. The highest BCUT2D eigenvalue weighted by atomic mass is 16.5. The fourth-order valence-corrected chi connectivity index (χ4v) is 10.0. The number of benzene rings is 6. The third-order valence-electron chi connectivity index (χ3n) is 12.3. The normalized spacial score (nSPS) is 20.1. The van der Waals surface area contributed by atoms with Gasteiger partial charge in [0.15, 0.2) is 6.17 Å². The first-order chi connectivity index (χ1) is 27.8. The molecule has 0 radical (unpaired) electrons.